The van der Waals surface area contributed by atoms with E-state index in [1.807, 2.05) is 0 Å². The lowest BCUT2D eigenvalue weighted by molar-refractivity contribution is -0.121. The van der Waals surface area contributed by atoms with Crippen LogP contribution in [0.4, 0.5) is 0 Å². The summed E-state index contributed by atoms with van der Waals surface area (Å²) in [6.45, 7) is -0.184. The lowest BCUT2D eigenvalue weighted by atomic mass is 10.3. The van der Waals surface area contributed by atoms with Crippen molar-refractivity contribution in [1.82, 2.24) is 9.88 Å². The predicted molar refractivity (Wildman–Crippen MR) is 51.7 cm³/mol. The molecular weight excluding hydrogens is 200 g/mol. The van der Waals surface area contributed by atoms with Gasteiger partial charge in [0.15, 0.2) is 0 Å². The summed E-state index contributed by atoms with van der Waals surface area (Å²) in [6.07, 6.45) is 1.37. The monoisotopic (exact) mass is 210 g/mol. The highest BCUT2D eigenvalue weighted by Crippen LogP contribution is 1.91. The van der Waals surface area contributed by atoms with E-state index in [2.05, 4.69) is 5.32 Å². The third-order valence-electron chi connectivity index (χ3n) is 1.84. The molecule has 0 spiro atoms. The van der Waals surface area contributed by atoms with Crippen molar-refractivity contribution in [2.75, 3.05) is 7.05 Å². The molecule has 1 aromatic heterocycles. The quantitative estimate of drug-likeness (QED) is 0.690. The van der Waals surface area contributed by atoms with E-state index in [1.54, 1.807) is 0 Å². The first-order valence-electron chi connectivity index (χ1n) is 4.19. The van der Waals surface area contributed by atoms with Crippen LogP contribution in [0.1, 0.15) is 10.4 Å². The topological polar surface area (TPSA) is 88.4 Å². The van der Waals surface area contributed by atoms with E-state index in [-0.39, 0.29) is 18.0 Å². The van der Waals surface area contributed by atoms with Crippen LogP contribution in [0.2, 0.25) is 0 Å². The van der Waals surface area contributed by atoms with Crippen LogP contribution in [0.15, 0.2) is 23.1 Å². The van der Waals surface area contributed by atoms with Crippen molar-refractivity contribution in [3.05, 3.63) is 34.2 Å². The molecule has 15 heavy (non-hydrogen) atoms. The van der Waals surface area contributed by atoms with Crippen LogP contribution in [0.25, 0.3) is 0 Å². The number of hydrogen-bond acceptors (Lipinski definition) is 3. The van der Waals surface area contributed by atoms with Gasteiger partial charge in [-0.1, -0.05) is 0 Å². The molecule has 1 heterocycles. The van der Waals surface area contributed by atoms with Gasteiger partial charge in [0.1, 0.15) is 12.1 Å². The minimum absolute atomic E-state index is 0.184. The first-order valence-corrected chi connectivity index (χ1v) is 4.19. The maximum absolute atomic E-state index is 11.5. The normalized spacial score (nSPS) is 9.67. The van der Waals surface area contributed by atoms with Gasteiger partial charge in [0.25, 0.3) is 5.56 Å². The number of nitrogens with one attached hydrogen (secondary N) is 1. The van der Waals surface area contributed by atoms with Crippen LogP contribution in [0.3, 0.4) is 0 Å². The molecule has 1 amide bonds. The molecule has 0 fully saturated rings. The molecule has 6 heteroatoms. The molecule has 0 unspecified atom stereocenters. The van der Waals surface area contributed by atoms with E-state index in [0.717, 1.165) is 4.57 Å². The van der Waals surface area contributed by atoms with Crippen LogP contribution in [-0.4, -0.2) is 28.6 Å². The maximum atomic E-state index is 11.5. The molecular formula is C9H10N2O4. The summed E-state index contributed by atoms with van der Waals surface area (Å²) in [6, 6.07) is 2.61. The van der Waals surface area contributed by atoms with Gasteiger partial charge in [-0.15, -0.1) is 0 Å². The highest BCUT2D eigenvalue weighted by molar-refractivity contribution is 5.87. The molecule has 0 bridgehead atoms. The van der Waals surface area contributed by atoms with Gasteiger partial charge in [0, 0.05) is 13.2 Å². The van der Waals surface area contributed by atoms with E-state index in [0.29, 0.717) is 0 Å². The summed E-state index contributed by atoms with van der Waals surface area (Å²) in [5, 5.41) is 11.0. The second-order valence-electron chi connectivity index (χ2n) is 2.83. The summed E-state index contributed by atoms with van der Waals surface area (Å²) in [4.78, 5) is 33.1. The number of pyridine rings is 1. The van der Waals surface area contributed by atoms with E-state index in [4.69, 9.17) is 5.11 Å². The zero-order valence-corrected chi connectivity index (χ0v) is 8.06. The first kappa shape index (κ1) is 11.0. The van der Waals surface area contributed by atoms with Crippen LogP contribution in [0, 0.1) is 0 Å². The Labute approximate surface area is 85.1 Å². The lowest BCUT2D eigenvalue weighted by Crippen LogP contribution is -2.32. The summed E-state index contributed by atoms with van der Waals surface area (Å²) >= 11 is 0. The number of aromatic carboxylic acids is 1. The van der Waals surface area contributed by atoms with Crippen molar-refractivity contribution in [1.29, 1.82) is 0 Å². The van der Waals surface area contributed by atoms with Gasteiger partial charge in [-0.2, -0.15) is 0 Å². The molecule has 0 atom stereocenters. The minimum atomic E-state index is -1.30. The molecule has 0 aromatic carbocycles. The van der Waals surface area contributed by atoms with Gasteiger partial charge in [-0.25, -0.2) is 4.79 Å². The van der Waals surface area contributed by atoms with Crippen molar-refractivity contribution in [2.24, 2.45) is 0 Å². The number of aromatic nitrogens is 1. The number of likely N-dealkylation sites (N-methyl/N-ethyl adjacent to an activating group) is 1. The lowest BCUT2D eigenvalue weighted by Gasteiger charge is -2.04. The number of rotatable bonds is 3. The van der Waals surface area contributed by atoms with Gasteiger partial charge in [0.05, 0.1) is 0 Å². The second kappa shape index (κ2) is 4.41. The third kappa shape index (κ3) is 2.43. The Morgan fingerprint density at radius 3 is 2.73 bits per heavy atom. The van der Waals surface area contributed by atoms with E-state index < -0.39 is 11.5 Å². The molecule has 0 saturated heterocycles. The van der Waals surface area contributed by atoms with Gasteiger partial charge in [-0.05, 0) is 12.1 Å². The first-order chi connectivity index (χ1) is 7.06. The number of hydrogen-bond donors (Lipinski definition) is 2. The molecule has 80 valence electrons. The molecule has 6 nitrogen and oxygen atoms in total. The zero-order chi connectivity index (χ0) is 11.4. The molecule has 2 N–H and O–H groups in total. The molecule has 1 rings (SSSR count). The molecule has 1 aromatic rings. The van der Waals surface area contributed by atoms with Gasteiger partial charge in [-0.3, -0.25) is 9.59 Å². The summed E-state index contributed by atoms with van der Waals surface area (Å²) in [5.41, 5.74) is -1.03. The van der Waals surface area contributed by atoms with Crippen LogP contribution in [-0.2, 0) is 11.3 Å². The highest BCUT2D eigenvalue weighted by atomic mass is 16.4. The number of carboxylic acids is 1. The summed E-state index contributed by atoms with van der Waals surface area (Å²) < 4.78 is 1.04. The molecule has 0 aliphatic heterocycles. The Morgan fingerprint density at radius 2 is 2.20 bits per heavy atom. The molecule has 0 radical (unpaired) electrons. The van der Waals surface area contributed by atoms with Crippen LogP contribution >= 0.6 is 0 Å². The average Bonchev–Trinajstić information content (AvgIpc) is 2.20. The third-order valence-corrected chi connectivity index (χ3v) is 1.84. The fourth-order valence-electron chi connectivity index (χ4n) is 1.06. The second-order valence-corrected chi connectivity index (χ2v) is 2.83. The van der Waals surface area contributed by atoms with Crippen LogP contribution < -0.4 is 10.9 Å². The fraction of sp³-hybridized carbons (Fsp3) is 0.222. The SMILES string of the molecule is CNC(=O)Cn1cccc(C(=O)O)c1=O. The number of carboxylic acid groups (broad SMARTS) is 1. The molecule has 0 saturated carbocycles. The summed E-state index contributed by atoms with van der Waals surface area (Å²) in [5.74, 6) is -1.66. The van der Waals surface area contributed by atoms with Crippen molar-refractivity contribution in [2.45, 2.75) is 6.54 Å². The van der Waals surface area contributed by atoms with E-state index in [9.17, 15) is 14.4 Å². The Balaban J connectivity index is 3.11. The Bertz CT molecular complexity index is 450. The number of carbonyl (C=O) groups is 2. The Kier molecular flexibility index (Phi) is 3.22. The van der Waals surface area contributed by atoms with Gasteiger partial charge in [0.2, 0.25) is 5.91 Å². The average molecular weight is 210 g/mol. The summed E-state index contributed by atoms with van der Waals surface area (Å²) in [7, 11) is 1.44. The van der Waals surface area contributed by atoms with Gasteiger partial charge < -0.3 is 15.0 Å². The van der Waals surface area contributed by atoms with E-state index >= 15 is 0 Å². The number of carbonyl (C=O) groups excluding carboxylic acids is 1. The smallest absolute Gasteiger partial charge is 0.341 e. The predicted octanol–water partition coefficient (Wildman–Crippen LogP) is -0.708. The van der Waals surface area contributed by atoms with Crippen molar-refractivity contribution in [3.8, 4) is 0 Å². The molecule has 0 aliphatic rings. The minimum Gasteiger partial charge on any atom is -0.477 e. The zero-order valence-electron chi connectivity index (χ0n) is 8.06. The Hall–Kier alpha value is -2.11. The van der Waals surface area contributed by atoms with Crippen molar-refractivity contribution >= 4 is 11.9 Å². The molecule has 0 aliphatic carbocycles. The van der Waals surface area contributed by atoms with Crippen molar-refractivity contribution in [3.63, 3.8) is 0 Å². The Morgan fingerprint density at radius 1 is 1.53 bits per heavy atom. The van der Waals surface area contributed by atoms with Crippen LogP contribution in [0.5, 0.6) is 0 Å². The highest BCUT2D eigenvalue weighted by Gasteiger charge is 2.11. The maximum Gasteiger partial charge on any atom is 0.341 e. The van der Waals surface area contributed by atoms with Crippen molar-refractivity contribution < 1.29 is 14.7 Å². The number of nitrogens with zero attached hydrogens (tertiary/aromatic N) is 1. The van der Waals surface area contributed by atoms with Gasteiger partial charge >= 0.3 is 5.97 Å². The fourth-order valence-corrected chi connectivity index (χ4v) is 1.06. The van der Waals surface area contributed by atoms with E-state index in [1.165, 1.54) is 25.4 Å². The largest absolute Gasteiger partial charge is 0.477 e. The number of amides is 1. The standard InChI is InChI=1S/C9H10N2O4/c1-10-7(12)5-11-4-2-3-6(8(11)13)9(14)15/h2-4H,5H2,1H3,(H,10,12)(H,14,15).